The van der Waals surface area contributed by atoms with Crippen molar-refractivity contribution in [3.63, 3.8) is 0 Å². The molecule has 21 heavy (non-hydrogen) atoms. The molecule has 1 aliphatic carbocycles. The largest absolute Gasteiger partial charge is 0.294 e. The third-order valence-corrected chi connectivity index (χ3v) is 4.32. The molecule has 0 bridgehead atoms. The minimum absolute atomic E-state index is 0.00939. The zero-order valence-electron chi connectivity index (χ0n) is 13.2. The highest BCUT2D eigenvalue weighted by Gasteiger charge is 2.35. The lowest BCUT2D eigenvalue weighted by atomic mass is 9.75. The first-order valence-corrected chi connectivity index (χ1v) is 7.63. The lowest BCUT2D eigenvalue weighted by Crippen LogP contribution is -2.28. The molecule has 0 radical (unpaired) electrons. The standard InChI is InChI=1S/C18H22N2O/c1-5-13-8-6-7-9-14(13)20-15-10-18(3,4)11-16(21)17(15)12(2)19-20/h6-9H,5,10-11H2,1-4H3. The fourth-order valence-electron chi connectivity index (χ4n) is 3.36. The van der Waals surface area contributed by atoms with Gasteiger partial charge in [0, 0.05) is 6.42 Å². The normalized spacial score (nSPS) is 16.9. The van der Waals surface area contributed by atoms with Crippen molar-refractivity contribution in [1.29, 1.82) is 0 Å². The molecule has 3 heteroatoms. The number of rotatable bonds is 2. The van der Waals surface area contributed by atoms with E-state index in [0.29, 0.717) is 6.42 Å². The van der Waals surface area contributed by atoms with Gasteiger partial charge in [0.1, 0.15) is 0 Å². The third-order valence-electron chi connectivity index (χ3n) is 4.32. The molecule has 2 aromatic rings. The van der Waals surface area contributed by atoms with Gasteiger partial charge in [-0.15, -0.1) is 0 Å². The van der Waals surface area contributed by atoms with Crippen LogP contribution >= 0.6 is 0 Å². The van der Waals surface area contributed by atoms with Crippen LogP contribution in [0.3, 0.4) is 0 Å². The van der Waals surface area contributed by atoms with Crippen molar-refractivity contribution in [2.24, 2.45) is 5.41 Å². The van der Waals surface area contributed by atoms with Crippen molar-refractivity contribution in [3.8, 4) is 5.69 Å². The number of carbonyl (C=O) groups excluding carboxylic acids is 1. The summed E-state index contributed by atoms with van der Waals surface area (Å²) < 4.78 is 2.00. The average molecular weight is 282 g/mol. The van der Waals surface area contributed by atoms with E-state index < -0.39 is 0 Å². The van der Waals surface area contributed by atoms with Gasteiger partial charge in [-0.05, 0) is 36.8 Å². The summed E-state index contributed by atoms with van der Waals surface area (Å²) in [7, 11) is 0. The van der Waals surface area contributed by atoms with Crippen molar-refractivity contribution >= 4 is 5.78 Å². The monoisotopic (exact) mass is 282 g/mol. The molecule has 1 heterocycles. The van der Waals surface area contributed by atoms with Crippen molar-refractivity contribution in [2.45, 2.75) is 47.0 Å². The van der Waals surface area contributed by atoms with E-state index in [9.17, 15) is 4.79 Å². The Bertz CT molecular complexity index is 710. The van der Waals surface area contributed by atoms with E-state index in [1.807, 2.05) is 17.7 Å². The quantitative estimate of drug-likeness (QED) is 0.837. The number of Topliss-reactive ketones (excluding diaryl/α,β-unsaturated/α-hetero) is 1. The lowest BCUT2D eigenvalue weighted by molar-refractivity contribution is 0.0910. The molecule has 0 unspecified atom stereocenters. The Morgan fingerprint density at radius 2 is 1.95 bits per heavy atom. The van der Waals surface area contributed by atoms with Gasteiger partial charge in [-0.25, -0.2) is 4.68 Å². The van der Waals surface area contributed by atoms with E-state index in [4.69, 9.17) is 0 Å². The van der Waals surface area contributed by atoms with Gasteiger partial charge in [-0.2, -0.15) is 5.10 Å². The lowest BCUT2D eigenvalue weighted by Gasteiger charge is -2.29. The summed E-state index contributed by atoms with van der Waals surface area (Å²) in [5.74, 6) is 0.235. The van der Waals surface area contributed by atoms with Crippen LogP contribution in [0.5, 0.6) is 0 Å². The van der Waals surface area contributed by atoms with Gasteiger partial charge >= 0.3 is 0 Å². The summed E-state index contributed by atoms with van der Waals surface area (Å²) >= 11 is 0. The molecule has 3 rings (SSSR count). The second-order valence-electron chi connectivity index (χ2n) is 6.74. The van der Waals surface area contributed by atoms with Gasteiger partial charge in [0.25, 0.3) is 0 Å². The number of aromatic nitrogens is 2. The van der Waals surface area contributed by atoms with Crippen LogP contribution in [0.15, 0.2) is 24.3 Å². The van der Waals surface area contributed by atoms with E-state index in [-0.39, 0.29) is 11.2 Å². The summed E-state index contributed by atoms with van der Waals surface area (Å²) in [4.78, 5) is 12.5. The number of para-hydroxylation sites is 1. The number of hydrogen-bond donors (Lipinski definition) is 0. The maximum atomic E-state index is 12.5. The molecular formula is C18H22N2O. The fraction of sp³-hybridized carbons (Fsp3) is 0.444. The van der Waals surface area contributed by atoms with Gasteiger partial charge < -0.3 is 0 Å². The first kappa shape index (κ1) is 14.1. The van der Waals surface area contributed by atoms with Crippen molar-refractivity contribution < 1.29 is 4.79 Å². The molecule has 0 N–H and O–H groups in total. The molecule has 0 fully saturated rings. The molecule has 1 aliphatic rings. The van der Waals surface area contributed by atoms with Gasteiger partial charge in [-0.1, -0.05) is 39.0 Å². The molecule has 0 amide bonds. The van der Waals surface area contributed by atoms with Crippen LogP contribution in [-0.4, -0.2) is 15.6 Å². The van der Waals surface area contributed by atoms with Crippen LogP contribution in [0.4, 0.5) is 0 Å². The number of hydrogen-bond acceptors (Lipinski definition) is 2. The third kappa shape index (κ3) is 2.31. The Hall–Kier alpha value is -1.90. The molecule has 1 aromatic heterocycles. The first-order valence-electron chi connectivity index (χ1n) is 7.63. The molecule has 0 spiro atoms. The maximum absolute atomic E-state index is 12.5. The Morgan fingerprint density at radius 3 is 2.67 bits per heavy atom. The molecule has 0 atom stereocenters. The minimum atomic E-state index is 0.00939. The van der Waals surface area contributed by atoms with E-state index in [2.05, 4.69) is 44.1 Å². The fourth-order valence-corrected chi connectivity index (χ4v) is 3.36. The van der Waals surface area contributed by atoms with Gasteiger partial charge in [-0.3, -0.25) is 4.79 Å². The summed E-state index contributed by atoms with van der Waals surface area (Å²) in [6.07, 6.45) is 2.47. The minimum Gasteiger partial charge on any atom is -0.294 e. The topological polar surface area (TPSA) is 34.9 Å². The van der Waals surface area contributed by atoms with Crippen molar-refractivity contribution in [1.82, 2.24) is 9.78 Å². The van der Waals surface area contributed by atoms with Crippen LogP contribution in [-0.2, 0) is 12.8 Å². The number of ketones is 1. The Balaban J connectivity index is 2.22. The van der Waals surface area contributed by atoms with Gasteiger partial charge in [0.2, 0.25) is 0 Å². The van der Waals surface area contributed by atoms with Crippen LogP contribution in [0.1, 0.15) is 54.5 Å². The SMILES string of the molecule is CCc1ccccc1-n1nc(C)c2c1CC(C)(C)CC2=O. The van der Waals surface area contributed by atoms with Crippen LogP contribution < -0.4 is 0 Å². The number of benzene rings is 1. The molecule has 0 saturated heterocycles. The molecule has 3 nitrogen and oxygen atoms in total. The van der Waals surface area contributed by atoms with Crippen LogP contribution in [0.25, 0.3) is 5.69 Å². The zero-order valence-corrected chi connectivity index (χ0v) is 13.2. The maximum Gasteiger partial charge on any atom is 0.167 e. The highest BCUT2D eigenvalue weighted by Crippen LogP contribution is 2.37. The molecule has 0 saturated carbocycles. The Morgan fingerprint density at radius 1 is 1.24 bits per heavy atom. The number of carbonyl (C=O) groups is 1. The number of nitrogens with zero attached hydrogens (tertiary/aromatic N) is 2. The summed E-state index contributed by atoms with van der Waals surface area (Å²) in [6.45, 7) is 8.41. The molecule has 0 aliphatic heterocycles. The summed E-state index contributed by atoms with van der Waals surface area (Å²) in [6, 6.07) is 8.32. The van der Waals surface area contributed by atoms with Gasteiger partial charge in [0.05, 0.1) is 22.6 Å². The highest BCUT2D eigenvalue weighted by atomic mass is 16.1. The van der Waals surface area contributed by atoms with Crippen LogP contribution in [0, 0.1) is 12.3 Å². The summed E-state index contributed by atoms with van der Waals surface area (Å²) in [5.41, 5.74) is 5.16. The Labute approximate surface area is 126 Å². The smallest absolute Gasteiger partial charge is 0.167 e. The van der Waals surface area contributed by atoms with Crippen LogP contribution in [0.2, 0.25) is 0 Å². The Kier molecular flexibility index (Phi) is 3.23. The van der Waals surface area contributed by atoms with Crippen molar-refractivity contribution in [2.75, 3.05) is 0 Å². The molecule has 1 aromatic carbocycles. The highest BCUT2D eigenvalue weighted by molar-refractivity contribution is 5.99. The summed E-state index contributed by atoms with van der Waals surface area (Å²) in [5, 5.41) is 4.68. The zero-order chi connectivity index (χ0) is 15.2. The first-order chi connectivity index (χ1) is 9.93. The van der Waals surface area contributed by atoms with Crippen molar-refractivity contribution in [3.05, 3.63) is 46.8 Å². The second-order valence-corrected chi connectivity index (χ2v) is 6.74. The predicted molar refractivity (Wildman–Crippen MR) is 84.1 cm³/mol. The van der Waals surface area contributed by atoms with Gasteiger partial charge in [0.15, 0.2) is 5.78 Å². The predicted octanol–water partition coefficient (Wildman–Crippen LogP) is 3.90. The molecular weight excluding hydrogens is 260 g/mol. The second kappa shape index (κ2) is 4.83. The van der Waals surface area contributed by atoms with E-state index in [1.54, 1.807) is 0 Å². The molecule has 110 valence electrons. The number of aryl methyl sites for hydroxylation is 2. The van der Waals surface area contributed by atoms with E-state index in [1.165, 1.54) is 5.56 Å². The average Bonchev–Trinajstić information content (AvgIpc) is 2.74. The van der Waals surface area contributed by atoms with E-state index in [0.717, 1.165) is 35.5 Å². The number of fused-ring (bicyclic) bond motifs is 1. The van der Waals surface area contributed by atoms with E-state index >= 15 is 0 Å².